The molecule has 4 aromatic heterocycles. The lowest BCUT2D eigenvalue weighted by molar-refractivity contribution is -0.127. The first kappa shape index (κ1) is 28.7. The van der Waals surface area contributed by atoms with Crippen molar-refractivity contribution in [3.8, 4) is 28.8 Å². The maximum Gasteiger partial charge on any atom is 0.228 e. The molecule has 5 saturated heterocycles. The molecule has 12 heteroatoms. The number of anilines is 1. The summed E-state index contributed by atoms with van der Waals surface area (Å²) in [5.41, 5.74) is 3.76. The van der Waals surface area contributed by atoms with Gasteiger partial charge in [0, 0.05) is 80.4 Å². The van der Waals surface area contributed by atoms with E-state index in [9.17, 15) is 10.1 Å². The Bertz CT molecular complexity index is 1780. The zero-order valence-corrected chi connectivity index (χ0v) is 25.8. The molecule has 0 saturated carbocycles. The lowest BCUT2D eigenvalue weighted by Crippen LogP contribution is -2.68. The number of piperazine rings is 1. The minimum Gasteiger partial charge on any atom is -0.492 e. The van der Waals surface area contributed by atoms with E-state index in [1.807, 2.05) is 24.5 Å². The van der Waals surface area contributed by atoms with Crippen LogP contribution in [0.4, 0.5) is 5.82 Å². The number of fused-ring (bicyclic) bond motifs is 3. The third kappa shape index (κ3) is 5.09. The minimum atomic E-state index is -0.373. The summed E-state index contributed by atoms with van der Waals surface area (Å²) >= 11 is 0. The number of nitrogens with zero attached hydrogens (tertiary/aromatic N) is 7. The highest BCUT2D eigenvalue weighted by Gasteiger charge is 2.49. The Morgan fingerprint density at radius 2 is 2.04 bits per heavy atom. The first-order chi connectivity index (χ1) is 22.5. The van der Waals surface area contributed by atoms with E-state index in [0.717, 1.165) is 54.9 Å². The van der Waals surface area contributed by atoms with Crippen molar-refractivity contribution in [2.24, 2.45) is 5.41 Å². The molecule has 0 radical (unpaired) electrons. The molecule has 4 aromatic rings. The number of piperidine rings is 1. The van der Waals surface area contributed by atoms with Crippen molar-refractivity contribution in [3.63, 3.8) is 0 Å². The molecule has 4 atom stereocenters. The molecule has 0 aromatic carbocycles. The first-order valence-corrected chi connectivity index (χ1v) is 15.9. The maximum absolute atomic E-state index is 12.6. The highest BCUT2D eigenvalue weighted by molar-refractivity contribution is 5.86. The summed E-state index contributed by atoms with van der Waals surface area (Å²) in [7, 11) is 1.63. The SMILES string of the molecule is COc1ccc(CN2C3CC2CN(c2ccc(-c4cc(OCCC5CC6(CCOC6)C(=O)N5)cn5ncc(C#N)c45)cn2)C3)cn1. The van der Waals surface area contributed by atoms with Crippen LogP contribution in [0.5, 0.6) is 11.6 Å². The van der Waals surface area contributed by atoms with Crippen LogP contribution in [0.3, 0.4) is 0 Å². The molecular formula is C34H36N8O4. The zero-order valence-electron chi connectivity index (χ0n) is 25.8. The van der Waals surface area contributed by atoms with Crippen LogP contribution in [-0.2, 0) is 16.1 Å². The first-order valence-electron chi connectivity index (χ1n) is 15.9. The van der Waals surface area contributed by atoms with E-state index in [1.54, 1.807) is 24.0 Å². The van der Waals surface area contributed by atoms with Gasteiger partial charge < -0.3 is 24.4 Å². The normalized spacial score (nSPS) is 25.4. The fourth-order valence-electron chi connectivity index (χ4n) is 7.57. The molecule has 0 aliphatic carbocycles. The molecule has 5 fully saturated rings. The van der Waals surface area contributed by atoms with E-state index in [2.05, 4.69) is 49.5 Å². The van der Waals surface area contributed by atoms with Crippen LogP contribution >= 0.6 is 0 Å². The van der Waals surface area contributed by atoms with E-state index < -0.39 is 0 Å². The van der Waals surface area contributed by atoms with Crippen molar-refractivity contribution in [1.29, 1.82) is 5.26 Å². The third-order valence-corrected chi connectivity index (χ3v) is 10.1. The van der Waals surface area contributed by atoms with Crippen molar-refractivity contribution in [2.45, 2.75) is 50.4 Å². The highest BCUT2D eigenvalue weighted by atomic mass is 16.5. The minimum absolute atomic E-state index is 0.0661. The van der Waals surface area contributed by atoms with Crippen molar-refractivity contribution < 1.29 is 19.0 Å². The number of aromatic nitrogens is 4. The van der Waals surface area contributed by atoms with Gasteiger partial charge in [-0.05, 0) is 43.0 Å². The van der Waals surface area contributed by atoms with Crippen LogP contribution in [-0.4, -0.2) is 88.5 Å². The standard InChI is InChI=1S/C34H36N8O4/c1-44-31-5-2-22(14-37-31)17-41-26-10-27(41)19-40(18-26)30-4-3-23(15-36-30)29-11-28(20-42-32(29)24(13-35)16-38-42)46-8-6-25-12-34(33(43)39-25)7-9-45-21-34/h2-5,11,14-16,20,25-27H,6-10,12,17-19,21H2,1H3,(H,39,43). The van der Waals surface area contributed by atoms with Gasteiger partial charge in [0.25, 0.3) is 0 Å². The zero-order chi connectivity index (χ0) is 31.3. The maximum atomic E-state index is 12.6. The quantitative estimate of drug-likeness (QED) is 0.298. The summed E-state index contributed by atoms with van der Waals surface area (Å²) in [5, 5.41) is 17.4. The van der Waals surface area contributed by atoms with Crippen molar-refractivity contribution in [2.75, 3.05) is 44.9 Å². The molecule has 2 bridgehead atoms. The topological polar surface area (TPSA) is 130 Å². The van der Waals surface area contributed by atoms with Gasteiger partial charge in [0.15, 0.2) is 0 Å². The third-order valence-electron chi connectivity index (χ3n) is 10.1. The van der Waals surface area contributed by atoms with Crippen molar-refractivity contribution >= 4 is 17.2 Å². The summed E-state index contributed by atoms with van der Waals surface area (Å²) < 4.78 is 18.6. The Balaban J connectivity index is 0.947. The predicted molar refractivity (Wildman–Crippen MR) is 168 cm³/mol. The van der Waals surface area contributed by atoms with E-state index in [1.165, 1.54) is 12.0 Å². The number of nitrogens with one attached hydrogen (secondary N) is 1. The molecule has 1 N–H and O–H groups in total. The van der Waals surface area contributed by atoms with Gasteiger partial charge in [0.1, 0.15) is 17.6 Å². The summed E-state index contributed by atoms with van der Waals surface area (Å²) in [6.07, 6.45) is 10.6. The summed E-state index contributed by atoms with van der Waals surface area (Å²) in [4.78, 5) is 26.7. The molecule has 236 valence electrons. The number of rotatable bonds is 9. The second kappa shape index (κ2) is 11.6. The molecule has 4 unspecified atom stereocenters. The number of nitriles is 1. The van der Waals surface area contributed by atoms with E-state index >= 15 is 0 Å². The van der Waals surface area contributed by atoms with Gasteiger partial charge in [-0.1, -0.05) is 6.07 Å². The summed E-state index contributed by atoms with van der Waals surface area (Å²) in [6, 6.07) is 13.4. The Morgan fingerprint density at radius 3 is 2.76 bits per heavy atom. The highest BCUT2D eigenvalue weighted by Crippen LogP contribution is 2.39. The van der Waals surface area contributed by atoms with Crippen LogP contribution in [0.25, 0.3) is 16.6 Å². The molecule has 12 nitrogen and oxygen atoms in total. The van der Waals surface area contributed by atoms with Gasteiger partial charge in [-0.3, -0.25) is 9.69 Å². The number of pyridine rings is 3. The molecule has 1 amide bonds. The van der Waals surface area contributed by atoms with Crippen LogP contribution in [0, 0.1) is 16.7 Å². The number of ether oxygens (including phenoxy) is 3. The van der Waals surface area contributed by atoms with E-state index in [-0.39, 0.29) is 17.4 Å². The molecular weight excluding hydrogens is 584 g/mol. The molecule has 1 spiro atoms. The van der Waals surface area contributed by atoms with Gasteiger partial charge in [-0.2, -0.15) is 10.4 Å². The van der Waals surface area contributed by atoms with Crippen molar-refractivity contribution in [1.82, 2.24) is 29.8 Å². The molecule has 9 heterocycles. The number of hydrogen-bond acceptors (Lipinski definition) is 10. The van der Waals surface area contributed by atoms with Gasteiger partial charge in [0.05, 0.1) is 49.2 Å². The Labute approximate surface area is 266 Å². The monoisotopic (exact) mass is 620 g/mol. The largest absolute Gasteiger partial charge is 0.492 e. The predicted octanol–water partition coefficient (Wildman–Crippen LogP) is 3.20. The van der Waals surface area contributed by atoms with Gasteiger partial charge in [-0.15, -0.1) is 0 Å². The lowest BCUT2D eigenvalue weighted by Gasteiger charge is -2.56. The van der Waals surface area contributed by atoms with Gasteiger partial charge >= 0.3 is 0 Å². The van der Waals surface area contributed by atoms with Gasteiger partial charge in [0.2, 0.25) is 11.8 Å². The van der Waals surface area contributed by atoms with Crippen LogP contribution in [0.15, 0.2) is 55.1 Å². The molecule has 5 aliphatic heterocycles. The summed E-state index contributed by atoms with van der Waals surface area (Å²) in [6.45, 7) is 4.33. The number of amides is 1. The fourth-order valence-corrected chi connectivity index (χ4v) is 7.57. The molecule has 46 heavy (non-hydrogen) atoms. The second-order valence-corrected chi connectivity index (χ2v) is 12.9. The van der Waals surface area contributed by atoms with E-state index in [0.29, 0.717) is 55.5 Å². The average molecular weight is 621 g/mol. The number of methoxy groups -OCH3 is 1. The van der Waals surface area contributed by atoms with Crippen molar-refractivity contribution in [3.05, 3.63) is 66.2 Å². The second-order valence-electron chi connectivity index (χ2n) is 12.9. The molecule has 5 aliphatic rings. The van der Waals surface area contributed by atoms with Crippen LogP contribution < -0.4 is 19.7 Å². The summed E-state index contributed by atoms with van der Waals surface area (Å²) in [5.74, 6) is 2.32. The Hall–Kier alpha value is -4.73. The smallest absolute Gasteiger partial charge is 0.228 e. The lowest BCUT2D eigenvalue weighted by atomic mass is 9.84. The van der Waals surface area contributed by atoms with Gasteiger partial charge in [-0.25, -0.2) is 14.5 Å². The van der Waals surface area contributed by atoms with Crippen LogP contribution in [0.2, 0.25) is 0 Å². The molecule has 9 rings (SSSR count). The van der Waals surface area contributed by atoms with Crippen LogP contribution in [0.1, 0.15) is 36.8 Å². The number of carbonyl (C=O) groups is 1. The Kier molecular flexibility index (Phi) is 7.22. The number of carbonyl (C=O) groups excluding carboxylic acids is 1. The fraction of sp³-hybridized carbons (Fsp3) is 0.441. The Morgan fingerprint density at radius 1 is 1.15 bits per heavy atom. The average Bonchev–Trinajstić information content (AvgIpc) is 3.82. The number of hydrogen-bond donors (Lipinski definition) is 1. The van der Waals surface area contributed by atoms with E-state index in [4.69, 9.17) is 19.2 Å².